The molecule has 1 unspecified atom stereocenters. The Hall–Kier alpha value is -2.12. The standard InChI is InChI=1S/C18H21N3O3S/c1-10-4-6-16-14(8-10)15-9-13(5-7-17(15)19-16)21-25(22,23)18-11(2)20-24-12(18)3/h4,6,8,13,19,21H,5,7,9H2,1-3H3. The molecule has 0 saturated carbocycles. The number of aromatic nitrogens is 2. The Bertz CT molecular complexity index is 1040. The lowest BCUT2D eigenvalue weighted by molar-refractivity contribution is 0.390. The van der Waals surface area contributed by atoms with Gasteiger partial charge in [-0.1, -0.05) is 16.8 Å². The summed E-state index contributed by atoms with van der Waals surface area (Å²) < 4.78 is 33.4. The Balaban J connectivity index is 1.65. The van der Waals surface area contributed by atoms with Gasteiger partial charge in [0, 0.05) is 22.6 Å². The van der Waals surface area contributed by atoms with Crippen LogP contribution in [-0.4, -0.2) is 24.6 Å². The Morgan fingerprint density at radius 3 is 2.80 bits per heavy atom. The first-order valence-corrected chi connectivity index (χ1v) is 9.89. The van der Waals surface area contributed by atoms with E-state index in [1.54, 1.807) is 13.8 Å². The van der Waals surface area contributed by atoms with Gasteiger partial charge in [0.25, 0.3) is 0 Å². The van der Waals surface area contributed by atoms with Crippen LogP contribution in [0.4, 0.5) is 0 Å². The molecule has 0 fully saturated rings. The van der Waals surface area contributed by atoms with Gasteiger partial charge in [-0.15, -0.1) is 0 Å². The quantitative estimate of drug-likeness (QED) is 0.753. The zero-order chi connectivity index (χ0) is 17.8. The van der Waals surface area contributed by atoms with Crippen molar-refractivity contribution in [3.8, 4) is 0 Å². The second-order valence-electron chi connectivity index (χ2n) is 6.85. The molecule has 6 nitrogen and oxygen atoms in total. The molecule has 0 amide bonds. The normalized spacial score (nSPS) is 17.8. The summed E-state index contributed by atoms with van der Waals surface area (Å²) in [6, 6.07) is 6.20. The van der Waals surface area contributed by atoms with E-state index in [4.69, 9.17) is 4.52 Å². The molecule has 0 radical (unpaired) electrons. The van der Waals surface area contributed by atoms with Crippen LogP contribution in [0.25, 0.3) is 10.9 Å². The number of fused-ring (bicyclic) bond motifs is 3. The summed E-state index contributed by atoms with van der Waals surface area (Å²) in [6.07, 6.45) is 2.28. The van der Waals surface area contributed by atoms with Gasteiger partial charge in [0.2, 0.25) is 10.0 Å². The van der Waals surface area contributed by atoms with Gasteiger partial charge in [0.1, 0.15) is 10.6 Å². The van der Waals surface area contributed by atoms with Crippen molar-refractivity contribution in [1.82, 2.24) is 14.9 Å². The molecule has 1 aromatic carbocycles. The monoisotopic (exact) mass is 359 g/mol. The van der Waals surface area contributed by atoms with Crippen molar-refractivity contribution in [2.45, 2.75) is 51.0 Å². The second-order valence-corrected chi connectivity index (χ2v) is 8.50. The Morgan fingerprint density at radius 2 is 2.08 bits per heavy atom. The minimum Gasteiger partial charge on any atom is -0.360 e. The fraction of sp³-hybridized carbons (Fsp3) is 0.389. The number of hydrogen-bond donors (Lipinski definition) is 2. The molecule has 4 rings (SSSR count). The molecular formula is C18H21N3O3S. The summed E-state index contributed by atoms with van der Waals surface area (Å²) in [5.41, 5.74) is 5.14. The summed E-state index contributed by atoms with van der Waals surface area (Å²) >= 11 is 0. The van der Waals surface area contributed by atoms with Crippen LogP contribution in [0.1, 0.15) is 34.7 Å². The molecule has 0 aliphatic heterocycles. The van der Waals surface area contributed by atoms with Crippen molar-refractivity contribution in [1.29, 1.82) is 0 Å². The number of aryl methyl sites for hydroxylation is 4. The van der Waals surface area contributed by atoms with E-state index in [2.05, 4.69) is 40.0 Å². The highest BCUT2D eigenvalue weighted by molar-refractivity contribution is 7.89. The number of sulfonamides is 1. The van der Waals surface area contributed by atoms with Crippen LogP contribution in [0.2, 0.25) is 0 Å². The Labute approximate surface area is 146 Å². The van der Waals surface area contributed by atoms with Crippen molar-refractivity contribution in [3.63, 3.8) is 0 Å². The topological polar surface area (TPSA) is 88.0 Å². The van der Waals surface area contributed by atoms with E-state index < -0.39 is 10.0 Å². The van der Waals surface area contributed by atoms with Crippen LogP contribution in [0.15, 0.2) is 27.6 Å². The highest BCUT2D eigenvalue weighted by Crippen LogP contribution is 2.30. The van der Waals surface area contributed by atoms with Gasteiger partial charge in [-0.2, -0.15) is 0 Å². The van der Waals surface area contributed by atoms with Gasteiger partial charge in [0.15, 0.2) is 5.76 Å². The SMILES string of the molecule is Cc1ccc2[nH]c3c(c2c1)CC(NS(=O)(=O)c1c(C)noc1C)CC3. The molecule has 132 valence electrons. The molecule has 7 heteroatoms. The van der Waals surface area contributed by atoms with E-state index >= 15 is 0 Å². The van der Waals surface area contributed by atoms with Gasteiger partial charge < -0.3 is 9.51 Å². The average Bonchev–Trinajstić information content (AvgIpc) is 3.07. The van der Waals surface area contributed by atoms with Crippen LogP contribution in [0, 0.1) is 20.8 Å². The van der Waals surface area contributed by atoms with Crippen LogP contribution >= 0.6 is 0 Å². The molecular weight excluding hydrogens is 338 g/mol. The maximum Gasteiger partial charge on any atom is 0.246 e. The Morgan fingerprint density at radius 1 is 1.28 bits per heavy atom. The second kappa shape index (κ2) is 5.71. The first-order chi connectivity index (χ1) is 11.8. The Kier molecular flexibility index (Phi) is 3.73. The van der Waals surface area contributed by atoms with Crippen molar-refractivity contribution < 1.29 is 12.9 Å². The number of H-pyrrole nitrogens is 1. The number of rotatable bonds is 3. The third kappa shape index (κ3) is 2.77. The van der Waals surface area contributed by atoms with Crippen molar-refractivity contribution in [2.75, 3.05) is 0 Å². The molecule has 0 saturated heterocycles. The highest BCUT2D eigenvalue weighted by Gasteiger charge is 2.30. The van der Waals surface area contributed by atoms with Crippen molar-refractivity contribution >= 4 is 20.9 Å². The van der Waals surface area contributed by atoms with Crippen LogP contribution < -0.4 is 4.72 Å². The fourth-order valence-electron chi connectivity index (χ4n) is 3.77. The number of benzene rings is 1. The summed E-state index contributed by atoms with van der Waals surface area (Å²) in [6.45, 7) is 5.34. The van der Waals surface area contributed by atoms with E-state index in [1.165, 1.54) is 22.2 Å². The number of hydrogen-bond acceptors (Lipinski definition) is 4. The third-order valence-electron chi connectivity index (χ3n) is 4.90. The van der Waals surface area contributed by atoms with Gasteiger partial charge in [-0.05, 0) is 57.7 Å². The number of nitrogens with zero attached hydrogens (tertiary/aromatic N) is 1. The predicted molar refractivity (Wildman–Crippen MR) is 95.1 cm³/mol. The largest absolute Gasteiger partial charge is 0.360 e. The zero-order valence-electron chi connectivity index (χ0n) is 14.5. The van der Waals surface area contributed by atoms with Gasteiger partial charge in [0.05, 0.1) is 0 Å². The number of aromatic amines is 1. The lowest BCUT2D eigenvalue weighted by Crippen LogP contribution is -2.39. The molecule has 0 spiro atoms. The number of nitrogens with one attached hydrogen (secondary N) is 2. The molecule has 0 bridgehead atoms. The summed E-state index contributed by atoms with van der Waals surface area (Å²) in [5, 5.41) is 4.95. The van der Waals surface area contributed by atoms with E-state index in [1.807, 2.05) is 0 Å². The maximum absolute atomic E-state index is 12.8. The smallest absolute Gasteiger partial charge is 0.246 e. The molecule has 2 aromatic heterocycles. The van der Waals surface area contributed by atoms with E-state index in [9.17, 15) is 8.42 Å². The summed E-state index contributed by atoms with van der Waals surface area (Å²) in [5.74, 6) is 0.323. The predicted octanol–water partition coefficient (Wildman–Crippen LogP) is 2.92. The van der Waals surface area contributed by atoms with Crippen LogP contribution in [0.3, 0.4) is 0 Å². The molecule has 2 N–H and O–H groups in total. The highest BCUT2D eigenvalue weighted by atomic mass is 32.2. The molecule has 1 aliphatic carbocycles. The van der Waals surface area contributed by atoms with E-state index in [-0.39, 0.29) is 10.9 Å². The molecule has 2 heterocycles. The lowest BCUT2D eigenvalue weighted by Gasteiger charge is -2.23. The third-order valence-corrected chi connectivity index (χ3v) is 6.67. The fourth-order valence-corrected chi connectivity index (χ4v) is 5.37. The van der Waals surface area contributed by atoms with Gasteiger partial charge in [-0.3, -0.25) is 0 Å². The van der Waals surface area contributed by atoms with Crippen molar-refractivity contribution in [2.24, 2.45) is 0 Å². The minimum absolute atomic E-state index is 0.134. The van der Waals surface area contributed by atoms with Gasteiger partial charge >= 0.3 is 0 Å². The maximum atomic E-state index is 12.8. The molecule has 25 heavy (non-hydrogen) atoms. The molecule has 1 aliphatic rings. The minimum atomic E-state index is -3.64. The molecule has 1 atom stereocenters. The van der Waals surface area contributed by atoms with E-state index in [0.717, 1.165) is 18.4 Å². The lowest BCUT2D eigenvalue weighted by atomic mass is 9.92. The first-order valence-electron chi connectivity index (χ1n) is 8.40. The summed E-state index contributed by atoms with van der Waals surface area (Å²) in [4.78, 5) is 3.63. The van der Waals surface area contributed by atoms with Gasteiger partial charge in [-0.25, -0.2) is 13.1 Å². The van der Waals surface area contributed by atoms with Crippen LogP contribution in [-0.2, 0) is 22.9 Å². The first kappa shape index (κ1) is 16.4. The van der Waals surface area contributed by atoms with E-state index in [0.29, 0.717) is 17.9 Å². The average molecular weight is 359 g/mol. The zero-order valence-corrected chi connectivity index (χ0v) is 15.3. The summed E-state index contributed by atoms with van der Waals surface area (Å²) in [7, 11) is -3.64. The van der Waals surface area contributed by atoms with Crippen LogP contribution in [0.5, 0.6) is 0 Å². The molecule has 3 aromatic rings. The van der Waals surface area contributed by atoms with Crippen molar-refractivity contribution in [3.05, 3.63) is 46.5 Å².